The van der Waals surface area contributed by atoms with E-state index in [9.17, 15) is 9.18 Å². The molecule has 1 amide bonds. The predicted molar refractivity (Wildman–Crippen MR) is 137 cm³/mol. The summed E-state index contributed by atoms with van der Waals surface area (Å²) in [6, 6.07) is 24.7. The van der Waals surface area contributed by atoms with Gasteiger partial charge in [-0.25, -0.2) is 9.18 Å². The van der Waals surface area contributed by atoms with E-state index in [0.717, 1.165) is 48.1 Å². The average Bonchev–Trinajstić information content (AvgIpc) is 2.88. The lowest BCUT2D eigenvalue weighted by Gasteiger charge is -2.52. The van der Waals surface area contributed by atoms with E-state index >= 15 is 0 Å². The van der Waals surface area contributed by atoms with E-state index in [1.165, 1.54) is 36.3 Å². The summed E-state index contributed by atoms with van der Waals surface area (Å²) in [5.41, 5.74) is 4.33. The van der Waals surface area contributed by atoms with Gasteiger partial charge in [-0.05, 0) is 42.3 Å². The minimum atomic E-state index is -0.323. The molecule has 3 fully saturated rings. The van der Waals surface area contributed by atoms with Gasteiger partial charge in [0, 0.05) is 30.9 Å². The molecule has 3 aliphatic rings. The first-order valence-corrected chi connectivity index (χ1v) is 12.7. The molecule has 2 bridgehead atoms. The first-order valence-electron chi connectivity index (χ1n) is 12.7. The van der Waals surface area contributed by atoms with Crippen molar-refractivity contribution in [1.82, 2.24) is 0 Å². The van der Waals surface area contributed by atoms with Crippen LogP contribution in [0.1, 0.15) is 29.5 Å². The molecule has 4 nitrogen and oxygen atoms in total. The smallest absolute Gasteiger partial charge is 0.415 e. The molecule has 0 spiro atoms. The molecule has 35 heavy (non-hydrogen) atoms. The number of rotatable bonds is 7. The summed E-state index contributed by atoms with van der Waals surface area (Å²) in [6.45, 7) is 6.80. The Morgan fingerprint density at radius 1 is 0.971 bits per heavy atom. The van der Waals surface area contributed by atoms with Crippen molar-refractivity contribution in [2.75, 3.05) is 31.1 Å². The highest BCUT2D eigenvalue weighted by Gasteiger charge is 2.47. The van der Waals surface area contributed by atoms with E-state index in [0.29, 0.717) is 12.5 Å². The summed E-state index contributed by atoms with van der Waals surface area (Å²) in [6.07, 6.45) is 2.87. The molecule has 6 rings (SSSR count). The monoisotopic (exact) mass is 473 g/mol. The molecule has 0 aromatic heterocycles. The highest BCUT2D eigenvalue weighted by atomic mass is 19.1. The highest BCUT2D eigenvalue weighted by Crippen LogP contribution is 2.36. The number of hydrogen-bond donors (Lipinski definition) is 0. The van der Waals surface area contributed by atoms with Gasteiger partial charge >= 0.3 is 6.09 Å². The van der Waals surface area contributed by atoms with Gasteiger partial charge < -0.3 is 9.22 Å². The Hall–Kier alpha value is -3.18. The Morgan fingerprint density at radius 2 is 1.71 bits per heavy atom. The quantitative estimate of drug-likeness (QED) is 0.387. The first-order chi connectivity index (χ1) is 17.0. The van der Waals surface area contributed by atoms with E-state index in [4.69, 9.17) is 4.74 Å². The third-order valence-electron chi connectivity index (χ3n) is 7.79. The van der Waals surface area contributed by atoms with Gasteiger partial charge in [-0.15, -0.1) is 0 Å². The van der Waals surface area contributed by atoms with Crippen LogP contribution in [0.3, 0.4) is 0 Å². The molecule has 3 aromatic rings. The molecule has 0 aliphatic carbocycles. The molecular formula is C30H34FN2O2+. The number of nitrogens with zero attached hydrogens (tertiary/aromatic N) is 2. The number of benzene rings is 3. The van der Waals surface area contributed by atoms with Crippen LogP contribution in [-0.4, -0.2) is 42.9 Å². The zero-order valence-electron chi connectivity index (χ0n) is 20.4. The second-order valence-corrected chi connectivity index (χ2v) is 10.2. The molecule has 3 aromatic carbocycles. The topological polar surface area (TPSA) is 29.5 Å². The van der Waals surface area contributed by atoms with Crippen LogP contribution in [0.2, 0.25) is 0 Å². The van der Waals surface area contributed by atoms with Crippen molar-refractivity contribution in [2.24, 2.45) is 5.92 Å². The number of aryl methyl sites for hydroxylation is 1. The van der Waals surface area contributed by atoms with Crippen LogP contribution in [0.5, 0.6) is 0 Å². The number of carbonyl (C=O) groups excluding carboxylic acids is 1. The van der Waals surface area contributed by atoms with Gasteiger partial charge in [0.2, 0.25) is 0 Å². The number of ether oxygens (including phenoxy) is 1. The van der Waals surface area contributed by atoms with E-state index in [1.807, 2.05) is 30.3 Å². The fourth-order valence-corrected chi connectivity index (χ4v) is 5.74. The molecule has 3 saturated heterocycles. The Bertz CT molecular complexity index is 1140. The Morgan fingerprint density at radius 3 is 2.43 bits per heavy atom. The number of hydrogen-bond acceptors (Lipinski definition) is 2. The van der Waals surface area contributed by atoms with Crippen LogP contribution < -0.4 is 4.90 Å². The van der Waals surface area contributed by atoms with Gasteiger partial charge in [-0.3, -0.25) is 4.90 Å². The molecule has 3 heterocycles. The van der Waals surface area contributed by atoms with Crippen molar-refractivity contribution in [3.63, 3.8) is 0 Å². The molecule has 3 aliphatic heterocycles. The minimum Gasteiger partial charge on any atom is -0.440 e. The number of carbonyl (C=O) groups is 1. The molecule has 0 saturated carbocycles. The first kappa shape index (κ1) is 23.6. The lowest BCUT2D eigenvalue weighted by molar-refractivity contribution is -0.945. The summed E-state index contributed by atoms with van der Waals surface area (Å²) in [7, 11) is 0. The molecule has 182 valence electrons. The number of halogens is 1. The van der Waals surface area contributed by atoms with Crippen LogP contribution in [-0.2, 0) is 17.7 Å². The van der Waals surface area contributed by atoms with Gasteiger partial charge in [0.25, 0.3) is 0 Å². The minimum absolute atomic E-state index is 0.0676. The summed E-state index contributed by atoms with van der Waals surface area (Å²) < 4.78 is 20.7. The van der Waals surface area contributed by atoms with Crippen molar-refractivity contribution in [3.8, 4) is 0 Å². The van der Waals surface area contributed by atoms with Crippen LogP contribution in [0.15, 0.2) is 78.9 Å². The Kier molecular flexibility index (Phi) is 6.87. The summed E-state index contributed by atoms with van der Waals surface area (Å²) in [5.74, 6) is 0.149. The van der Waals surface area contributed by atoms with Crippen LogP contribution in [0.4, 0.5) is 14.9 Å². The van der Waals surface area contributed by atoms with Gasteiger partial charge in [0.05, 0.1) is 26.2 Å². The maximum atomic E-state index is 13.5. The van der Waals surface area contributed by atoms with Crippen LogP contribution in [0, 0.1) is 18.7 Å². The molecular weight excluding hydrogens is 439 g/mol. The standard InChI is InChI=1S/C30H34FN2O2/c1-23-6-5-7-24(20-23)14-17-33-18-15-26(16-19-33)29(22-33)35-30(34)32(28-8-3-2-4-9-28)21-25-10-12-27(31)13-11-25/h2-13,20,26,29H,14-19,21-22H2,1H3/q+1/t26?,29-,33?/m0/s1. The Labute approximate surface area is 207 Å². The van der Waals surface area contributed by atoms with E-state index < -0.39 is 0 Å². The maximum Gasteiger partial charge on any atom is 0.415 e. The van der Waals surface area contributed by atoms with Crippen LogP contribution in [0.25, 0.3) is 0 Å². The lowest BCUT2D eigenvalue weighted by atomic mass is 9.83. The van der Waals surface area contributed by atoms with E-state index in [2.05, 4.69) is 31.2 Å². The SMILES string of the molecule is Cc1cccc(CC[N+]23CCC(CC2)[C@@H](OC(=O)N(Cc2ccc(F)cc2)c2ccccc2)C3)c1. The number of quaternary nitrogens is 1. The zero-order valence-corrected chi connectivity index (χ0v) is 20.4. The van der Waals surface area contributed by atoms with Gasteiger partial charge in [-0.1, -0.05) is 60.2 Å². The average molecular weight is 474 g/mol. The van der Waals surface area contributed by atoms with Gasteiger partial charge in [-0.2, -0.15) is 0 Å². The highest BCUT2D eigenvalue weighted by molar-refractivity contribution is 5.87. The van der Waals surface area contributed by atoms with Crippen molar-refractivity contribution in [2.45, 2.75) is 38.8 Å². The number of anilines is 1. The van der Waals surface area contributed by atoms with Crippen molar-refractivity contribution < 1.29 is 18.4 Å². The molecule has 0 N–H and O–H groups in total. The van der Waals surface area contributed by atoms with Gasteiger partial charge in [0.15, 0.2) is 6.10 Å². The lowest BCUT2D eigenvalue weighted by Crippen LogP contribution is -2.65. The van der Waals surface area contributed by atoms with E-state index in [-0.39, 0.29) is 18.0 Å². The van der Waals surface area contributed by atoms with E-state index in [1.54, 1.807) is 17.0 Å². The summed E-state index contributed by atoms with van der Waals surface area (Å²) in [4.78, 5) is 15.2. The summed E-state index contributed by atoms with van der Waals surface area (Å²) >= 11 is 0. The number of para-hydroxylation sites is 1. The summed E-state index contributed by atoms with van der Waals surface area (Å²) in [5, 5.41) is 0. The Balaban J connectivity index is 1.29. The predicted octanol–water partition coefficient (Wildman–Crippen LogP) is 6.13. The third kappa shape index (κ3) is 5.57. The second-order valence-electron chi connectivity index (χ2n) is 10.2. The number of piperidine rings is 3. The van der Waals surface area contributed by atoms with Crippen molar-refractivity contribution >= 4 is 11.8 Å². The second kappa shape index (κ2) is 10.2. The fourth-order valence-electron chi connectivity index (χ4n) is 5.74. The molecule has 1 atom stereocenters. The number of fused-ring (bicyclic) bond motifs is 3. The van der Waals surface area contributed by atoms with Crippen molar-refractivity contribution in [3.05, 3.63) is 101 Å². The fraction of sp³-hybridized carbons (Fsp3) is 0.367. The maximum absolute atomic E-state index is 13.5. The zero-order chi connectivity index (χ0) is 24.3. The number of amides is 1. The molecule has 0 radical (unpaired) electrons. The van der Waals surface area contributed by atoms with Crippen LogP contribution >= 0.6 is 0 Å². The largest absolute Gasteiger partial charge is 0.440 e. The van der Waals surface area contributed by atoms with Crippen molar-refractivity contribution in [1.29, 1.82) is 0 Å². The molecule has 0 unspecified atom stereocenters. The third-order valence-corrected chi connectivity index (χ3v) is 7.79. The normalized spacial score (nSPS) is 23.1. The molecule has 5 heteroatoms. The van der Waals surface area contributed by atoms with Gasteiger partial charge in [0.1, 0.15) is 12.4 Å².